The summed E-state index contributed by atoms with van der Waals surface area (Å²) in [5, 5.41) is 2.91. The highest BCUT2D eigenvalue weighted by molar-refractivity contribution is 5.76. The smallest absolute Gasteiger partial charge is 0.220 e. The van der Waals surface area contributed by atoms with Crippen molar-refractivity contribution in [1.29, 1.82) is 0 Å². The lowest BCUT2D eigenvalue weighted by Gasteiger charge is -2.03. The van der Waals surface area contributed by atoms with E-state index in [0.717, 1.165) is 25.8 Å². The zero-order valence-electron chi connectivity index (χ0n) is 9.33. The number of unbranched alkanes of at least 4 members (excludes halogenated alkanes) is 1. The van der Waals surface area contributed by atoms with Crippen molar-refractivity contribution in [3.63, 3.8) is 0 Å². The van der Waals surface area contributed by atoms with Crippen molar-refractivity contribution in [1.82, 2.24) is 5.32 Å². The third kappa shape index (κ3) is 5.21. The molecule has 1 amide bonds. The molecule has 0 bridgehead atoms. The van der Waals surface area contributed by atoms with Crippen LogP contribution >= 0.6 is 0 Å². The maximum absolute atomic E-state index is 11.4. The Morgan fingerprint density at radius 2 is 2.00 bits per heavy atom. The number of benzene rings is 1. The average Bonchev–Trinajstić information content (AvgIpc) is 2.28. The molecule has 1 N–H and O–H groups in total. The first-order chi connectivity index (χ1) is 7.33. The normalized spacial score (nSPS) is 9.93. The van der Waals surface area contributed by atoms with E-state index >= 15 is 0 Å². The number of hydrogen-bond donors (Lipinski definition) is 1. The Morgan fingerprint density at radius 1 is 1.27 bits per heavy atom. The van der Waals surface area contributed by atoms with E-state index in [1.54, 1.807) is 0 Å². The molecule has 0 aliphatic rings. The second-order valence-electron chi connectivity index (χ2n) is 3.69. The molecule has 2 heteroatoms. The molecule has 0 radical (unpaired) electrons. The molecule has 1 aromatic rings. The molecule has 0 unspecified atom stereocenters. The van der Waals surface area contributed by atoms with Crippen molar-refractivity contribution in [2.45, 2.75) is 32.6 Å². The maximum atomic E-state index is 11.4. The van der Waals surface area contributed by atoms with Gasteiger partial charge < -0.3 is 5.32 Å². The fraction of sp³-hybridized carbons (Fsp3) is 0.462. The Hall–Kier alpha value is -1.31. The highest BCUT2D eigenvalue weighted by Gasteiger charge is 2.00. The van der Waals surface area contributed by atoms with Crippen LogP contribution in [0, 0.1) is 0 Å². The molecule has 0 aliphatic carbocycles. The zero-order chi connectivity index (χ0) is 10.9. The highest BCUT2D eigenvalue weighted by Crippen LogP contribution is 2.01. The van der Waals surface area contributed by atoms with Crippen LogP contribution in [0.5, 0.6) is 0 Å². The summed E-state index contributed by atoms with van der Waals surface area (Å²) >= 11 is 0. The number of nitrogens with one attached hydrogen (secondary N) is 1. The monoisotopic (exact) mass is 205 g/mol. The average molecular weight is 205 g/mol. The van der Waals surface area contributed by atoms with Crippen LogP contribution in [0.25, 0.3) is 0 Å². The standard InChI is InChI=1S/C13H19NO/c1-2-3-11-14-13(15)10-9-12-7-5-4-6-8-12/h4-8H,2-3,9-11H2,1H3,(H,14,15). The predicted molar refractivity (Wildman–Crippen MR) is 62.7 cm³/mol. The number of amides is 1. The van der Waals surface area contributed by atoms with Gasteiger partial charge in [-0.05, 0) is 18.4 Å². The van der Waals surface area contributed by atoms with Crippen LogP contribution in [0.3, 0.4) is 0 Å². The van der Waals surface area contributed by atoms with E-state index in [0.29, 0.717) is 6.42 Å². The first kappa shape index (κ1) is 11.8. The van der Waals surface area contributed by atoms with Crippen molar-refractivity contribution in [3.8, 4) is 0 Å². The second-order valence-corrected chi connectivity index (χ2v) is 3.69. The van der Waals surface area contributed by atoms with Crippen molar-refractivity contribution >= 4 is 5.91 Å². The summed E-state index contributed by atoms with van der Waals surface area (Å²) in [6, 6.07) is 10.1. The first-order valence-corrected chi connectivity index (χ1v) is 5.63. The Kier molecular flexibility index (Phi) is 5.52. The zero-order valence-corrected chi connectivity index (χ0v) is 9.33. The maximum Gasteiger partial charge on any atom is 0.220 e. The SMILES string of the molecule is CCCCNC(=O)CCc1ccccc1. The fourth-order valence-corrected chi connectivity index (χ4v) is 1.40. The Bertz CT molecular complexity index is 282. The van der Waals surface area contributed by atoms with Crippen LogP contribution in [0.15, 0.2) is 30.3 Å². The summed E-state index contributed by atoms with van der Waals surface area (Å²) < 4.78 is 0. The van der Waals surface area contributed by atoms with Gasteiger partial charge in [0.05, 0.1) is 0 Å². The summed E-state index contributed by atoms with van der Waals surface area (Å²) in [4.78, 5) is 11.4. The van der Waals surface area contributed by atoms with Crippen LogP contribution in [0.2, 0.25) is 0 Å². The van der Waals surface area contributed by atoms with Gasteiger partial charge in [0.25, 0.3) is 0 Å². The largest absolute Gasteiger partial charge is 0.356 e. The van der Waals surface area contributed by atoms with Crippen LogP contribution in [-0.4, -0.2) is 12.5 Å². The number of carbonyl (C=O) groups is 1. The molecule has 1 aromatic carbocycles. The van der Waals surface area contributed by atoms with Gasteiger partial charge in [0.1, 0.15) is 0 Å². The van der Waals surface area contributed by atoms with E-state index in [4.69, 9.17) is 0 Å². The van der Waals surface area contributed by atoms with E-state index < -0.39 is 0 Å². The quantitative estimate of drug-likeness (QED) is 0.710. The summed E-state index contributed by atoms with van der Waals surface area (Å²) in [6.07, 6.45) is 3.61. The van der Waals surface area contributed by atoms with Gasteiger partial charge in [-0.1, -0.05) is 43.7 Å². The lowest BCUT2D eigenvalue weighted by atomic mass is 10.1. The molecule has 0 aromatic heterocycles. The Morgan fingerprint density at radius 3 is 2.67 bits per heavy atom. The molecule has 82 valence electrons. The molecule has 0 heterocycles. The van der Waals surface area contributed by atoms with Gasteiger partial charge in [0, 0.05) is 13.0 Å². The van der Waals surface area contributed by atoms with Crippen LogP contribution in [0.4, 0.5) is 0 Å². The Balaban J connectivity index is 2.17. The third-order valence-electron chi connectivity index (χ3n) is 2.34. The van der Waals surface area contributed by atoms with E-state index in [-0.39, 0.29) is 5.91 Å². The van der Waals surface area contributed by atoms with Crippen molar-refractivity contribution in [2.24, 2.45) is 0 Å². The summed E-state index contributed by atoms with van der Waals surface area (Å²) in [6.45, 7) is 2.93. The van der Waals surface area contributed by atoms with E-state index in [1.807, 2.05) is 18.2 Å². The lowest BCUT2D eigenvalue weighted by molar-refractivity contribution is -0.121. The lowest BCUT2D eigenvalue weighted by Crippen LogP contribution is -2.24. The highest BCUT2D eigenvalue weighted by atomic mass is 16.1. The molecule has 15 heavy (non-hydrogen) atoms. The van der Waals surface area contributed by atoms with Gasteiger partial charge in [-0.15, -0.1) is 0 Å². The van der Waals surface area contributed by atoms with Crippen molar-refractivity contribution < 1.29 is 4.79 Å². The molecule has 0 saturated heterocycles. The van der Waals surface area contributed by atoms with E-state index in [1.165, 1.54) is 5.56 Å². The molecule has 2 nitrogen and oxygen atoms in total. The molecular formula is C13H19NO. The molecule has 0 spiro atoms. The molecule has 0 saturated carbocycles. The first-order valence-electron chi connectivity index (χ1n) is 5.63. The summed E-state index contributed by atoms with van der Waals surface area (Å²) in [5.74, 6) is 0.160. The minimum absolute atomic E-state index is 0.160. The summed E-state index contributed by atoms with van der Waals surface area (Å²) in [7, 11) is 0. The molecule has 1 rings (SSSR count). The molecular weight excluding hydrogens is 186 g/mol. The van der Waals surface area contributed by atoms with Crippen molar-refractivity contribution in [3.05, 3.63) is 35.9 Å². The predicted octanol–water partition coefficient (Wildman–Crippen LogP) is 2.54. The minimum Gasteiger partial charge on any atom is -0.356 e. The van der Waals surface area contributed by atoms with Crippen molar-refractivity contribution in [2.75, 3.05) is 6.54 Å². The van der Waals surface area contributed by atoms with Gasteiger partial charge >= 0.3 is 0 Å². The fourth-order valence-electron chi connectivity index (χ4n) is 1.40. The molecule has 0 atom stereocenters. The molecule has 0 aliphatic heterocycles. The van der Waals surface area contributed by atoms with Gasteiger partial charge in [-0.25, -0.2) is 0 Å². The third-order valence-corrected chi connectivity index (χ3v) is 2.34. The Labute approximate surface area is 91.7 Å². The van der Waals surface area contributed by atoms with Crippen LogP contribution in [-0.2, 0) is 11.2 Å². The van der Waals surface area contributed by atoms with Gasteiger partial charge in [-0.2, -0.15) is 0 Å². The van der Waals surface area contributed by atoms with Gasteiger partial charge in [0.2, 0.25) is 5.91 Å². The topological polar surface area (TPSA) is 29.1 Å². The van der Waals surface area contributed by atoms with E-state index in [9.17, 15) is 4.79 Å². The number of rotatable bonds is 6. The van der Waals surface area contributed by atoms with Gasteiger partial charge in [-0.3, -0.25) is 4.79 Å². The number of hydrogen-bond acceptors (Lipinski definition) is 1. The summed E-state index contributed by atoms with van der Waals surface area (Å²) in [5.41, 5.74) is 1.23. The molecule has 0 fully saturated rings. The van der Waals surface area contributed by atoms with Gasteiger partial charge in [0.15, 0.2) is 0 Å². The van der Waals surface area contributed by atoms with E-state index in [2.05, 4.69) is 24.4 Å². The second kappa shape index (κ2) is 7.04. The minimum atomic E-state index is 0.160. The number of aryl methyl sites for hydroxylation is 1. The van der Waals surface area contributed by atoms with Crippen LogP contribution in [0.1, 0.15) is 31.7 Å². The van der Waals surface area contributed by atoms with Crippen LogP contribution < -0.4 is 5.32 Å². The number of carbonyl (C=O) groups excluding carboxylic acids is 1.